The lowest BCUT2D eigenvalue weighted by atomic mass is 10.1. The number of carbonyl (C=O) groups excluding carboxylic acids is 1. The fraction of sp³-hybridized carbons (Fsp3) is 0.211. The molecule has 26 heavy (non-hydrogen) atoms. The smallest absolute Gasteiger partial charge is 0.354 e. The van der Waals surface area contributed by atoms with Gasteiger partial charge in [-0.25, -0.2) is 4.79 Å². The highest BCUT2D eigenvalue weighted by atomic mass is 16.5. The summed E-state index contributed by atoms with van der Waals surface area (Å²) in [5.41, 5.74) is 2.50. The quantitative estimate of drug-likeness (QED) is 0.530. The Kier molecular flexibility index (Phi) is 5.17. The molecule has 0 radical (unpaired) electrons. The number of methoxy groups -OCH3 is 3. The van der Waals surface area contributed by atoms with Crippen LogP contribution in [0.25, 0.3) is 10.9 Å². The summed E-state index contributed by atoms with van der Waals surface area (Å²) in [6, 6.07) is 13.0. The van der Waals surface area contributed by atoms with Gasteiger partial charge in [-0.3, -0.25) is 0 Å². The fourth-order valence-electron chi connectivity index (χ4n) is 2.70. The van der Waals surface area contributed by atoms with E-state index in [0.717, 1.165) is 16.6 Å². The Bertz CT molecular complexity index is 948. The van der Waals surface area contributed by atoms with Gasteiger partial charge in [0.15, 0.2) is 11.5 Å². The van der Waals surface area contributed by atoms with Crippen LogP contribution in [0.15, 0.2) is 52.7 Å². The molecule has 134 valence electrons. The lowest BCUT2D eigenvalue weighted by molar-refractivity contribution is 0.0594. The average Bonchev–Trinajstić information content (AvgIpc) is 3.04. The number of aromatic nitrogens is 1. The molecule has 0 aliphatic heterocycles. The van der Waals surface area contributed by atoms with E-state index < -0.39 is 5.97 Å². The number of hydrogen-bond donors (Lipinski definition) is 1. The number of esters is 1. The Morgan fingerprint density at radius 3 is 2.38 bits per heavy atom. The van der Waals surface area contributed by atoms with Crippen molar-refractivity contribution in [3.8, 4) is 11.5 Å². The number of fused-ring (bicyclic) bond motifs is 1. The summed E-state index contributed by atoms with van der Waals surface area (Å²) in [6.45, 7) is 0.217. The molecule has 0 atom stereocenters. The number of azo groups is 1. The van der Waals surface area contributed by atoms with Crippen molar-refractivity contribution < 1.29 is 19.0 Å². The van der Waals surface area contributed by atoms with Crippen LogP contribution in [-0.4, -0.2) is 32.3 Å². The first-order valence-corrected chi connectivity index (χ1v) is 7.95. The van der Waals surface area contributed by atoms with Gasteiger partial charge in [0.25, 0.3) is 0 Å². The van der Waals surface area contributed by atoms with Gasteiger partial charge in [0.2, 0.25) is 0 Å². The van der Waals surface area contributed by atoms with Crippen molar-refractivity contribution in [3.05, 3.63) is 53.7 Å². The van der Waals surface area contributed by atoms with E-state index in [1.54, 1.807) is 20.3 Å². The van der Waals surface area contributed by atoms with E-state index in [9.17, 15) is 4.79 Å². The van der Waals surface area contributed by atoms with E-state index in [2.05, 4.69) is 15.2 Å². The zero-order valence-corrected chi connectivity index (χ0v) is 14.8. The molecule has 1 heterocycles. The third-order valence-electron chi connectivity index (χ3n) is 3.97. The second-order valence-corrected chi connectivity index (χ2v) is 5.46. The van der Waals surface area contributed by atoms with Gasteiger partial charge in [-0.05, 0) is 18.2 Å². The van der Waals surface area contributed by atoms with Crippen LogP contribution in [0, 0.1) is 0 Å². The van der Waals surface area contributed by atoms with Crippen LogP contribution < -0.4 is 9.47 Å². The van der Waals surface area contributed by atoms with Crippen LogP contribution in [0.4, 0.5) is 5.69 Å². The number of hydrogen-bond acceptors (Lipinski definition) is 6. The molecule has 0 saturated carbocycles. The van der Waals surface area contributed by atoms with Crippen LogP contribution in [0.3, 0.4) is 0 Å². The molecule has 2 aromatic carbocycles. The van der Waals surface area contributed by atoms with Crippen molar-refractivity contribution in [2.75, 3.05) is 21.3 Å². The molecule has 0 amide bonds. The van der Waals surface area contributed by atoms with Gasteiger partial charge in [0, 0.05) is 17.0 Å². The van der Waals surface area contributed by atoms with Gasteiger partial charge in [0.05, 0.1) is 39.1 Å². The molecule has 0 fully saturated rings. The van der Waals surface area contributed by atoms with E-state index >= 15 is 0 Å². The van der Waals surface area contributed by atoms with E-state index in [4.69, 9.17) is 14.2 Å². The van der Waals surface area contributed by atoms with Gasteiger partial charge in [0.1, 0.15) is 5.69 Å². The Hall–Kier alpha value is -3.35. The SMILES string of the molecule is COC(=O)c1[nH]c2cc(OC)c(OC)cc2c1CN=Nc1ccccc1. The number of nitrogens with one attached hydrogen (secondary N) is 1. The summed E-state index contributed by atoms with van der Waals surface area (Å²) in [4.78, 5) is 15.2. The number of nitrogens with zero attached hydrogens (tertiary/aromatic N) is 2. The normalized spacial score (nSPS) is 11.0. The summed E-state index contributed by atoms with van der Waals surface area (Å²) in [5, 5.41) is 9.23. The predicted molar refractivity (Wildman–Crippen MR) is 97.4 cm³/mol. The number of H-pyrrole nitrogens is 1. The summed E-state index contributed by atoms with van der Waals surface area (Å²) >= 11 is 0. The number of ether oxygens (including phenoxy) is 3. The number of carbonyl (C=O) groups is 1. The van der Waals surface area contributed by atoms with Crippen molar-refractivity contribution in [1.82, 2.24) is 4.98 Å². The first-order chi connectivity index (χ1) is 12.7. The Labute approximate surface area is 150 Å². The fourth-order valence-corrected chi connectivity index (χ4v) is 2.70. The molecule has 0 aliphatic rings. The molecular weight excluding hydrogens is 334 g/mol. The van der Waals surface area contributed by atoms with Crippen LogP contribution in [0.5, 0.6) is 11.5 Å². The maximum Gasteiger partial charge on any atom is 0.354 e. The third kappa shape index (κ3) is 3.37. The lowest BCUT2D eigenvalue weighted by Crippen LogP contribution is -2.04. The first-order valence-electron chi connectivity index (χ1n) is 7.95. The maximum absolute atomic E-state index is 12.2. The molecule has 0 unspecified atom stereocenters. The maximum atomic E-state index is 12.2. The minimum absolute atomic E-state index is 0.217. The highest BCUT2D eigenvalue weighted by molar-refractivity contribution is 5.99. The Morgan fingerprint density at radius 2 is 1.73 bits per heavy atom. The average molecular weight is 353 g/mol. The monoisotopic (exact) mass is 353 g/mol. The van der Waals surface area contributed by atoms with E-state index in [-0.39, 0.29) is 6.54 Å². The van der Waals surface area contributed by atoms with Gasteiger partial charge >= 0.3 is 5.97 Å². The number of benzene rings is 2. The second-order valence-electron chi connectivity index (χ2n) is 5.46. The predicted octanol–water partition coefficient (Wildman–Crippen LogP) is 4.26. The van der Waals surface area contributed by atoms with Crippen molar-refractivity contribution >= 4 is 22.6 Å². The number of rotatable bonds is 6. The lowest BCUT2D eigenvalue weighted by Gasteiger charge is -2.07. The topological polar surface area (TPSA) is 85.3 Å². The second kappa shape index (κ2) is 7.69. The van der Waals surface area contributed by atoms with Crippen molar-refractivity contribution in [2.24, 2.45) is 10.2 Å². The molecule has 1 aromatic heterocycles. The molecule has 0 spiro atoms. The highest BCUT2D eigenvalue weighted by Gasteiger charge is 2.20. The number of aromatic amines is 1. The van der Waals surface area contributed by atoms with E-state index in [0.29, 0.717) is 22.8 Å². The van der Waals surface area contributed by atoms with Crippen molar-refractivity contribution in [3.63, 3.8) is 0 Å². The zero-order chi connectivity index (χ0) is 18.5. The third-order valence-corrected chi connectivity index (χ3v) is 3.97. The molecule has 0 bridgehead atoms. The highest BCUT2D eigenvalue weighted by Crippen LogP contribution is 2.35. The molecule has 3 aromatic rings. The van der Waals surface area contributed by atoms with Crippen LogP contribution in [0.2, 0.25) is 0 Å². The largest absolute Gasteiger partial charge is 0.493 e. The summed E-state index contributed by atoms with van der Waals surface area (Å²) in [5.74, 6) is 0.663. The Morgan fingerprint density at radius 1 is 1.04 bits per heavy atom. The molecular formula is C19H19N3O4. The van der Waals surface area contributed by atoms with Gasteiger partial charge < -0.3 is 19.2 Å². The summed E-state index contributed by atoms with van der Waals surface area (Å²) < 4.78 is 15.6. The molecule has 0 aliphatic carbocycles. The molecule has 1 N–H and O–H groups in total. The Balaban J connectivity index is 2.05. The van der Waals surface area contributed by atoms with Gasteiger partial charge in [-0.2, -0.15) is 10.2 Å². The minimum atomic E-state index is -0.468. The summed E-state index contributed by atoms with van der Waals surface area (Å²) in [7, 11) is 4.46. The van der Waals surface area contributed by atoms with Crippen molar-refractivity contribution in [2.45, 2.75) is 6.54 Å². The van der Waals surface area contributed by atoms with Crippen LogP contribution >= 0.6 is 0 Å². The molecule has 0 saturated heterocycles. The molecule has 3 rings (SSSR count). The standard InChI is InChI=1S/C19H19N3O4/c1-24-16-9-13-14(11-20-22-12-7-5-4-6-8-12)18(19(23)26-3)21-15(13)10-17(16)25-2/h4-10,21H,11H2,1-3H3. The van der Waals surface area contributed by atoms with Crippen molar-refractivity contribution in [1.29, 1.82) is 0 Å². The van der Waals surface area contributed by atoms with E-state index in [1.165, 1.54) is 7.11 Å². The van der Waals surface area contributed by atoms with E-state index in [1.807, 2.05) is 36.4 Å². The zero-order valence-electron chi connectivity index (χ0n) is 14.8. The van der Waals surface area contributed by atoms with Crippen LogP contribution in [-0.2, 0) is 11.3 Å². The minimum Gasteiger partial charge on any atom is -0.493 e. The first kappa shape index (κ1) is 17.5. The molecule has 7 heteroatoms. The summed E-state index contributed by atoms with van der Waals surface area (Å²) in [6.07, 6.45) is 0. The molecule has 7 nitrogen and oxygen atoms in total. The van der Waals surface area contributed by atoms with Crippen LogP contribution in [0.1, 0.15) is 16.1 Å². The van der Waals surface area contributed by atoms with Gasteiger partial charge in [-0.15, -0.1) is 0 Å². The van der Waals surface area contributed by atoms with Gasteiger partial charge in [-0.1, -0.05) is 18.2 Å².